The zero-order valence-electron chi connectivity index (χ0n) is 13.5. The van der Waals surface area contributed by atoms with Gasteiger partial charge in [0.15, 0.2) is 11.5 Å². The Morgan fingerprint density at radius 1 is 1.24 bits per heavy atom. The van der Waals surface area contributed by atoms with E-state index in [-0.39, 0.29) is 0 Å². The summed E-state index contributed by atoms with van der Waals surface area (Å²) < 4.78 is 10.9. The van der Waals surface area contributed by atoms with Crippen molar-refractivity contribution in [2.45, 2.75) is 39.3 Å². The monoisotopic (exact) mass is 292 g/mol. The topological polar surface area (TPSA) is 33.7 Å². The fraction of sp³-hybridized carbons (Fsp3) is 0.647. The van der Waals surface area contributed by atoms with E-state index in [2.05, 4.69) is 29.3 Å². The molecule has 1 saturated heterocycles. The third-order valence-electron chi connectivity index (χ3n) is 4.06. The lowest BCUT2D eigenvalue weighted by molar-refractivity contribution is 0.251. The molecule has 21 heavy (non-hydrogen) atoms. The van der Waals surface area contributed by atoms with Crippen LogP contribution in [0.4, 0.5) is 0 Å². The minimum absolute atomic E-state index is 0.608. The van der Waals surface area contributed by atoms with Crippen LogP contribution in [0.1, 0.15) is 32.3 Å². The van der Waals surface area contributed by atoms with Crippen molar-refractivity contribution >= 4 is 0 Å². The highest BCUT2D eigenvalue weighted by atomic mass is 16.5. The molecule has 118 valence electrons. The Bertz CT molecular complexity index is 431. The Hall–Kier alpha value is -1.26. The molecule has 1 aromatic rings. The molecule has 0 spiro atoms. The highest BCUT2D eigenvalue weighted by Gasteiger charge is 2.17. The van der Waals surface area contributed by atoms with Crippen molar-refractivity contribution in [3.8, 4) is 11.5 Å². The van der Waals surface area contributed by atoms with Crippen molar-refractivity contribution in [1.29, 1.82) is 0 Å². The van der Waals surface area contributed by atoms with Crippen LogP contribution < -0.4 is 14.8 Å². The molecule has 4 heteroatoms. The maximum Gasteiger partial charge on any atom is 0.161 e. The minimum atomic E-state index is 0.608. The molecule has 1 atom stereocenters. The average molecular weight is 292 g/mol. The minimum Gasteiger partial charge on any atom is -0.493 e. The molecule has 0 amide bonds. The molecule has 1 aliphatic heterocycles. The van der Waals surface area contributed by atoms with Gasteiger partial charge in [-0.05, 0) is 57.5 Å². The predicted octanol–water partition coefficient (Wildman–Crippen LogP) is 2.67. The first-order valence-electron chi connectivity index (χ1n) is 7.99. The van der Waals surface area contributed by atoms with Gasteiger partial charge in [0, 0.05) is 19.1 Å². The Kier molecular flexibility index (Phi) is 6.33. The number of nitrogens with zero attached hydrogens (tertiary/aromatic N) is 1. The van der Waals surface area contributed by atoms with Crippen LogP contribution >= 0.6 is 0 Å². The number of nitrogens with one attached hydrogen (secondary N) is 1. The first-order valence-corrected chi connectivity index (χ1v) is 7.99. The standard InChI is InChI=1S/C17H28N2O2/c1-4-21-16-8-7-15(11-17(16)20-3)13-18-12-14(2)19-9-5-6-10-19/h7-8,11,14,18H,4-6,9-10,12-13H2,1-3H3. The predicted molar refractivity (Wildman–Crippen MR) is 86.1 cm³/mol. The van der Waals surface area contributed by atoms with Gasteiger partial charge in [-0.15, -0.1) is 0 Å². The highest BCUT2D eigenvalue weighted by molar-refractivity contribution is 5.42. The van der Waals surface area contributed by atoms with E-state index in [4.69, 9.17) is 9.47 Å². The quantitative estimate of drug-likeness (QED) is 0.799. The van der Waals surface area contributed by atoms with Gasteiger partial charge >= 0.3 is 0 Å². The van der Waals surface area contributed by atoms with E-state index in [0.717, 1.165) is 24.6 Å². The summed E-state index contributed by atoms with van der Waals surface area (Å²) in [6.07, 6.45) is 2.70. The number of ether oxygens (including phenoxy) is 2. The Morgan fingerprint density at radius 3 is 2.67 bits per heavy atom. The summed E-state index contributed by atoms with van der Waals surface area (Å²) >= 11 is 0. The smallest absolute Gasteiger partial charge is 0.161 e. The molecule has 1 heterocycles. The third-order valence-corrected chi connectivity index (χ3v) is 4.06. The summed E-state index contributed by atoms with van der Waals surface area (Å²) in [4.78, 5) is 2.56. The fourth-order valence-electron chi connectivity index (χ4n) is 2.83. The Balaban J connectivity index is 1.82. The summed E-state index contributed by atoms with van der Waals surface area (Å²) in [5.74, 6) is 1.62. The van der Waals surface area contributed by atoms with E-state index in [0.29, 0.717) is 12.6 Å². The first kappa shape index (κ1) is 16.1. The number of benzene rings is 1. The van der Waals surface area contributed by atoms with Crippen LogP contribution in [0.5, 0.6) is 11.5 Å². The third kappa shape index (κ3) is 4.61. The molecule has 0 radical (unpaired) electrons. The lowest BCUT2D eigenvalue weighted by Crippen LogP contribution is -2.38. The van der Waals surface area contributed by atoms with Crippen LogP contribution in [0.15, 0.2) is 18.2 Å². The normalized spacial score (nSPS) is 16.9. The highest BCUT2D eigenvalue weighted by Crippen LogP contribution is 2.27. The Labute approximate surface area is 128 Å². The molecule has 1 N–H and O–H groups in total. The number of likely N-dealkylation sites (tertiary alicyclic amines) is 1. The summed E-state index contributed by atoms with van der Waals surface area (Å²) in [5, 5.41) is 3.54. The number of hydrogen-bond acceptors (Lipinski definition) is 4. The molecule has 1 aromatic carbocycles. The molecule has 0 aliphatic carbocycles. The summed E-state index contributed by atoms with van der Waals surface area (Å²) in [6, 6.07) is 6.75. The van der Waals surface area contributed by atoms with E-state index in [9.17, 15) is 0 Å². The van der Waals surface area contributed by atoms with Gasteiger partial charge < -0.3 is 14.8 Å². The van der Waals surface area contributed by atoms with Gasteiger partial charge in [0.2, 0.25) is 0 Å². The summed E-state index contributed by atoms with van der Waals surface area (Å²) in [5.41, 5.74) is 1.23. The molecule has 1 aliphatic rings. The lowest BCUT2D eigenvalue weighted by Gasteiger charge is -2.24. The molecular weight excluding hydrogens is 264 g/mol. The van der Waals surface area contributed by atoms with Crippen molar-refractivity contribution in [2.24, 2.45) is 0 Å². The van der Waals surface area contributed by atoms with Gasteiger partial charge in [0.05, 0.1) is 13.7 Å². The molecule has 4 nitrogen and oxygen atoms in total. The van der Waals surface area contributed by atoms with Crippen molar-refractivity contribution < 1.29 is 9.47 Å². The molecule has 0 bridgehead atoms. The second-order valence-electron chi connectivity index (χ2n) is 5.64. The van der Waals surface area contributed by atoms with Crippen molar-refractivity contribution in [3.05, 3.63) is 23.8 Å². The largest absolute Gasteiger partial charge is 0.493 e. The van der Waals surface area contributed by atoms with Gasteiger partial charge in [0.25, 0.3) is 0 Å². The van der Waals surface area contributed by atoms with Crippen LogP contribution in [0.2, 0.25) is 0 Å². The molecule has 0 saturated carbocycles. The SMILES string of the molecule is CCOc1ccc(CNCC(C)N2CCCC2)cc1OC. The van der Waals surface area contributed by atoms with E-state index in [1.807, 2.05) is 13.0 Å². The average Bonchev–Trinajstić information content (AvgIpc) is 3.03. The van der Waals surface area contributed by atoms with Crippen LogP contribution in [-0.4, -0.2) is 44.3 Å². The van der Waals surface area contributed by atoms with Gasteiger partial charge in [-0.3, -0.25) is 4.90 Å². The second-order valence-corrected chi connectivity index (χ2v) is 5.64. The zero-order chi connectivity index (χ0) is 15.1. The van der Waals surface area contributed by atoms with E-state index < -0.39 is 0 Å². The molecule has 1 unspecified atom stereocenters. The number of rotatable bonds is 8. The molecule has 2 rings (SSSR count). The van der Waals surface area contributed by atoms with E-state index in [1.54, 1.807) is 7.11 Å². The number of hydrogen-bond donors (Lipinski definition) is 1. The maximum absolute atomic E-state index is 5.54. The molecular formula is C17H28N2O2. The fourth-order valence-corrected chi connectivity index (χ4v) is 2.83. The first-order chi connectivity index (χ1) is 10.2. The molecule has 1 fully saturated rings. The van der Waals surface area contributed by atoms with Gasteiger partial charge in [-0.25, -0.2) is 0 Å². The summed E-state index contributed by atoms with van der Waals surface area (Å²) in [7, 11) is 1.69. The van der Waals surface area contributed by atoms with Gasteiger partial charge in [0.1, 0.15) is 0 Å². The van der Waals surface area contributed by atoms with Crippen LogP contribution in [0.25, 0.3) is 0 Å². The zero-order valence-corrected chi connectivity index (χ0v) is 13.5. The van der Waals surface area contributed by atoms with Crippen LogP contribution in [0.3, 0.4) is 0 Å². The molecule has 0 aromatic heterocycles. The van der Waals surface area contributed by atoms with Crippen molar-refractivity contribution in [3.63, 3.8) is 0 Å². The summed E-state index contributed by atoms with van der Waals surface area (Å²) in [6.45, 7) is 9.32. The van der Waals surface area contributed by atoms with E-state index in [1.165, 1.54) is 31.5 Å². The lowest BCUT2D eigenvalue weighted by atomic mass is 10.2. The second kappa shape index (κ2) is 8.25. The van der Waals surface area contributed by atoms with Gasteiger partial charge in [-0.1, -0.05) is 6.07 Å². The van der Waals surface area contributed by atoms with Crippen molar-refractivity contribution in [2.75, 3.05) is 33.4 Å². The van der Waals surface area contributed by atoms with E-state index >= 15 is 0 Å². The number of methoxy groups -OCH3 is 1. The maximum atomic E-state index is 5.54. The van der Waals surface area contributed by atoms with Crippen LogP contribution in [0, 0.1) is 0 Å². The van der Waals surface area contributed by atoms with Crippen LogP contribution in [-0.2, 0) is 6.54 Å². The Morgan fingerprint density at radius 2 is 2.00 bits per heavy atom. The van der Waals surface area contributed by atoms with Gasteiger partial charge in [-0.2, -0.15) is 0 Å². The van der Waals surface area contributed by atoms with Crippen molar-refractivity contribution in [1.82, 2.24) is 10.2 Å².